The maximum absolute atomic E-state index is 11.6. The fourth-order valence-corrected chi connectivity index (χ4v) is 2.45. The minimum atomic E-state index is -3.96. The first-order valence-corrected chi connectivity index (χ1v) is 8.04. The summed E-state index contributed by atoms with van der Waals surface area (Å²) in [5.41, 5.74) is 0. The molecule has 0 aliphatic heterocycles. The average molecular weight is 286 g/mol. The smallest absolute Gasteiger partial charge is 0.362 e. The Morgan fingerprint density at radius 2 is 1.84 bits per heavy atom. The van der Waals surface area contributed by atoms with Gasteiger partial charge in [0.1, 0.15) is 5.75 Å². The molecule has 0 radical (unpaired) electrons. The first kappa shape index (κ1) is 16.0. The Bertz CT molecular complexity index is 442. The molecule has 0 heterocycles. The summed E-state index contributed by atoms with van der Waals surface area (Å²) in [5.74, 6) is 0.526. The molecule has 0 bridgehead atoms. The van der Waals surface area contributed by atoms with Crippen molar-refractivity contribution in [2.45, 2.75) is 39.5 Å². The standard InChI is InChI=1S/C14H22O4S/c1-3-5-9-13(4-2)12-17-19(15,16)18-14-10-7-6-8-11-14/h6-8,10-11,13H,3-5,9,12H2,1-2H3. The van der Waals surface area contributed by atoms with E-state index in [1.807, 2.05) is 6.92 Å². The zero-order valence-corrected chi connectivity index (χ0v) is 12.4. The molecular formula is C14H22O4S. The van der Waals surface area contributed by atoms with E-state index in [2.05, 4.69) is 6.92 Å². The normalized spacial score (nSPS) is 13.2. The molecule has 0 aromatic heterocycles. The number of para-hydroxylation sites is 1. The highest BCUT2D eigenvalue weighted by atomic mass is 32.3. The lowest BCUT2D eigenvalue weighted by molar-refractivity contribution is 0.214. The quantitative estimate of drug-likeness (QED) is 0.696. The summed E-state index contributed by atoms with van der Waals surface area (Å²) in [6.07, 6.45) is 4.07. The van der Waals surface area contributed by atoms with Gasteiger partial charge in [-0.2, -0.15) is 8.42 Å². The minimum Gasteiger partial charge on any atom is -0.362 e. The molecule has 1 aromatic rings. The number of benzene rings is 1. The number of unbranched alkanes of at least 4 members (excludes halogenated alkanes) is 1. The van der Waals surface area contributed by atoms with Crippen molar-refractivity contribution >= 4 is 10.4 Å². The van der Waals surface area contributed by atoms with Crippen LogP contribution < -0.4 is 4.18 Å². The van der Waals surface area contributed by atoms with Crippen molar-refractivity contribution < 1.29 is 16.8 Å². The molecule has 1 rings (SSSR count). The molecule has 5 heteroatoms. The SMILES string of the molecule is CCCCC(CC)COS(=O)(=O)Oc1ccccc1. The van der Waals surface area contributed by atoms with Gasteiger partial charge in [0.05, 0.1) is 6.61 Å². The summed E-state index contributed by atoms with van der Waals surface area (Å²) in [4.78, 5) is 0. The highest BCUT2D eigenvalue weighted by molar-refractivity contribution is 7.82. The second-order valence-electron chi connectivity index (χ2n) is 4.51. The highest BCUT2D eigenvalue weighted by Gasteiger charge is 2.16. The molecule has 0 fully saturated rings. The van der Waals surface area contributed by atoms with Crippen LogP contribution in [0.2, 0.25) is 0 Å². The van der Waals surface area contributed by atoms with Gasteiger partial charge in [-0.05, 0) is 24.5 Å². The Morgan fingerprint density at radius 3 is 2.42 bits per heavy atom. The zero-order valence-electron chi connectivity index (χ0n) is 11.5. The molecule has 1 aromatic carbocycles. The van der Waals surface area contributed by atoms with Crippen LogP contribution in [0.4, 0.5) is 0 Å². The fourth-order valence-electron chi connectivity index (χ4n) is 1.70. The Hall–Kier alpha value is -1.07. The van der Waals surface area contributed by atoms with Crippen LogP contribution in [0.25, 0.3) is 0 Å². The molecule has 0 saturated heterocycles. The van der Waals surface area contributed by atoms with Crippen molar-refractivity contribution in [3.8, 4) is 5.75 Å². The lowest BCUT2D eigenvalue weighted by Gasteiger charge is -2.14. The average Bonchev–Trinajstić information content (AvgIpc) is 2.39. The third-order valence-corrected chi connectivity index (χ3v) is 3.75. The largest absolute Gasteiger partial charge is 0.449 e. The maximum atomic E-state index is 11.6. The van der Waals surface area contributed by atoms with Gasteiger partial charge < -0.3 is 4.18 Å². The summed E-state index contributed by atoms with van der Waals surface area (Å²) >= 11 is 0. The van der Waals surface area contributed by atoms with Crippen molar-refractivity contribution in [2.24, 2.45) is 5.92 Å². The topological polar surface area (TPSA) is 52.6 Å². The van der Waals surface area contributed by atoms with Crippen LogP contribution in [-0.2, 0) is 14.6 Å². The Balaban J connectivity index is 2.46. The summed E-state index contributed by atoms with van der Waals surface area (Å²) < 4.78 is 33.1. The molecule has 1 unspecified atom stereocenters. The van der Waals surface area contributed by atoms with E-state index >= 15 is 0 Å². The minimum absolute atomic E-state index is 0.186. The Kier molecular flexibility index (Phi) is 6.87. The lowest BCUT2D eigenvalue weighted by atomic mass is 10.0. The van der Waals surface area contributed by atoms with Gasteiger partial charge >= 0.3 is 10.4 Å². The molecule has 19 heavy (non-hydrogen) atoms. The molecule has 1 atom stereocenters. The van der Waals surface area contributed by atoms with E-state index in [1.54, 1.807) is 30.3 Å². The molecular weight excluding hydrogens is 264 g/mol. The van der Waals surface area contributed by atoms with Crippen LogP contribution in [0.15, 0.2) is 30.3 Å². The van der Waals surface area contributed by atoms with E-state index in [4.69, 9.17) is 8.37 Å². The van der Waals surface area contributed by atoms with Gasteiger partial charge in [0, 0.05) is 0 Å². The van der Waals surface area contributed by atoms with E-state index < -0.39 is 10.4 Å². The van der Waals surface area contributed by atoms with E-state index in [-0.39, 0.29) is 18.3 Å². The predicted octanol–water partition coefficient (Wildman–Crippen LogP) is 3.54. The van der Waals surface area contributed by atoms with Crippen LogP contribution in [0.3, 0.4) is 0 Å². The molecule has 0 N–H and O–H groups in total. The molecule has 0 spiro atoms. The van der Waals surface area contributed by atoms with E-state index in [1.165, 1.54) is 0 Å². The zero-order chi connectivity index (χ0) is 14.1. The molecule has 108 valence electrons. The monoisotopic (exact) mass is 286 g/mol. The van der Waals surface area contributed by atoms with Crippen molar-refractivity contribution in [1.29, 1.82) is 0 Å². The van der Waals surface area contributed by atoms with E-state index in [9.17, 15) is 8.42 Å². The van der Waals surface area contributed by atoms with Gasteiger partial charge in [0.15, 0.2) is 0 Å². The van der Waals surface area contributed by atoms with Crippen molar-refractivity contribution in [3.63, 3.8) is 0 Å². The van der Waals surface area contributed by atoms with E-state index in [0.29, 0.717) is 0 Å². The number of hydrogen-bond donors (Lipinski definition) is 0. The van der Waals surface area contributed by atoms with Crippen LogP contribution in [0, 0.1) is 5.92 Å². The molecule has 0 aliphatic rings. The van der Waals surface area contributed by atoms with Crippen LogP contribution in [0.1, 0.15) is 39.5 Å². The lowest BCUT2D eigenvalue weighted by Crippen LogP contribution is -2.18. The van der Waals surface area contributed by atoms with Gasteiger partial charge in [-0.3, -0.25) is 0 Å². The second-order valence-corrected chi connectivity index (χ2v) is 5.72. The fraction of sp³-hybridized carbons (Fsp3) is 0.571. The molecule has 4 nitrogen and oxygen atoms in total. The first-order chi connectivity index (χ1) is 9.07. The third-order valence-electron chi connectivity index (χ3n) is 2.93. The predicted molar refractivity (Wildman–Crippen MR) is 75.2 cm³/mol. The molecule has 0 aliphatic carbocycles. The Labute approximate surface area is 116 Å². The van der Waals surface area contributed by atoms with Crippen LogP contribution in [0.5, 0.6) is 5.75 Å². The summed E-state index contributed by atoms with van der Waals surface area (Å²) in [6.45, 7) is 4.34. The molecule has 0 amide bonds. The van der Waals surface area contributed by atoms with Gasteiger partial charge in [0.2, 0.25) is 0 Å². The summed E-state index contributed by atoms with van der Waals surface area (Å²) in [5, 5.41) is 0. The van der Waals surface area contributed by atoms with Crippen LogP contribution >= 0.6 is 0 Å². The van der Waals surface area contributed by atoms with Crippen molar-refractivity contribution in [1.82, 2.24) is 0 Å². The third kappa shape index (κ3) is 6.59. The highest BCUT2D eigenvalue weighted by Crippen LogP contribution is 2.16. The summed E-state index contributed by atoms with van der Waals surface area (Å²) in [7, 11) is -3.96. The first-order valence-electron chi connectivity index (χ1n) is 6.71. The van der Waals surface area contributed by atoms with Crippen molar-refractivity contribution in [3.05, 3.63) is 30.3 Å². The number of rotatable bonds is 9. The second kappa shape index (κ2) is 8.17. The Morgan fingerprint density at radius 1 is 1.16 bits per heavy atom. The van der Waals surface area contributed by atoms with Gasteiger partial charge in [-0.25, -0.2) is 4.18 Å². The van der Waals surface area contributed by atoms with Crippen LogP contribution in [-0.4, -0.2) is 15.0 Å². The molecule has 0 saturated carbocycles. The summed E-state index contributed by atoms with van der Waals surface area (Å²) in [6, 6.07) is 8.37. The van der Waals surface area contributed by atoms with Gasteiger partial charge in [-0.1, -0.05) is 51.3 Å². The number of hydrogen-bond acceptors (Lipinski definition) is 4. The van der Waals surface area contributed by atoms with Gasteiger partial charge in [-0.15, -0.1) is 0 Å². The maximum Gasteiger partial charge on any atom is 0.449 e. The van der Waals surface area contributed by atoms with Gasteiger partial charge in [0.25, 0.3) is 0 Å². The van der Waals surface area contributed by atoms with Crippen molar-refractivity contribution in [2.75, 3.05) is 6.61 Å². The van der Waals surface area contributed by atoms with E-state index in [0.717, 1.165) is 25.7 Å².